The fourth-order valence-corrected chi connectivity index (χ4v) is 1.30. The SMILES string of the molecule is N#CCSc1ccc(N)c(F)c1. The van der Waals surface area contributed by atoms with Crippen LogP contribution in [0.5, 0.6) is 0 Å². The molecule has 0 heterocycles. The number of benzene rings is 1. The molecule has 2 N–H and O–H groups in total. The topological polar surface area (TPSA) is 49.8 Å². The second-order valence-corrected chi connectivity index (χ2v) is 3.18. The van der Waals surface area contributed by atoms with E-state index in [9.17, 15) is 4.39 Å². The number of hydrogen-bond acceptors (Lipinski definition) is 3. The highest BCUT2D eigenvalue weighted by molar-refractivity contribution is 7.99. The molecule has 0 aliphatic rings. The Morgan fingerprint density at radius 1 is 1.58 bits per heavy atom. The molecule has 0 amide bonds. The summed E-state index contributed by atoms with van der Waals surface area (Å²) in [6.45, 7) is 0. The number of nitriles is 1. The molecule has 0 aromatic heterocycles. The molecule has 0 atom stereocenters. The van der Waals surface area contributed by atoms with E-state index in [-0.39, 0.29) is 5.69 Å². The number of nitrogens with zero attached hydrogens (tertiary/aromatic N) is 1. The summed E-state index contributed by atoms with van der Waals surface area (Å²) in [5.41, 5.74) is 5.40. The molecule has 0 aliphatic carbocycles. The van der Waals surface area contributed by atoms with Crippen LogP contribution in [0.15, 0.2) is 23.1 Å². The van der Waals surface area contributed by atoms with Crippen molar-refractivity contribution in [3.05, 3.63) is 24.0 Å². The van der Waals surface area contributed by atoms with Crippen molar-refractivity contribution < 1.29 is 4.39 Å². The molecule has 1 aromatic carbocycles. The molecule has 0 radical (unpaired) electrons. The third-order valence-electron chi connectivity index (χ3n) is 1.28. The van der Waals surface area contributed by atoms with Gasteiger partial charge in [0.05, 0.1) is 17.5 Å². The normalized spacial score (nSPS) is 9.33. The smallest absolute Gasteiger partial charge is 0.147 e. The summed E-state index contributed by atoms with van der Waals surface area (Å²) >= 11 is 1.29. The zero-order valence-electron chi connectivity index (χ0n) is 6.25. The average molecular weight is 182 g/mol. The first-order valence-corrected chi connectivity index (χ1v) is 4.27. The van der Waals surface area contributed by atoms with Gasteiger partial charge in [-0.05, 0) is 18.2 Å². The molecule has 0 fully saturated rings. The molecule has 2 nitrogen and oxygen atoms in total. The molecule has 0 unspecified atom stereocenters. The van der Waals surface area contributed by atoms with E-state index in [2.05, 4.69) is 0 Å². The molecular formula is C8H7FN2S. The van der Waals surface area contributed by atoms with Crippen LogP contribution < -0.4 is 5.73 Å². The average Bonchev–Trinajstić information content (AvgIpc) is 2.07. The molecule has 0 bridgehead atoms. The molecule has 0 saturated heterocycles. The molecule has 4 heteroatoms. The number of nitrogen functional groups attached to an aromatic ring is 1. The first-order chi connectivity index (χ1) is 5.74. The molecule has 1 rings (SSSR count). The van der Waals surface area contributed by atoms with E-state index in [0.717, 1.165) is 4.90 Å². The highest BCUT2D eigenvalue weighted by Gasteiger charge is 1.99. The third-order valence-corrected chi connectivity index (χ3v) is 2.14. The van der Waals surface area contributed by atoms with Gasteiger partial charge in [-0.1, -0.05) is 0 Å². The fraction of sp³-hybridized carbons (Fsp3) is 0.125. The minimum atomic E-state index is -0.432. The van der Waals surface area contributed by atoms with Crippen LogP contribution in [0.4, 0.5) is 10.1 Å². The van der Waals surface area contributed by atoms with Crippen LogP contribution in [0.3, 0.4) is 0 Å². The van der Waals surface area contributed by atoms with Gasteiger partial charge in [0, 0.05) is 4.90 Å². The van der Waals surface area contributed by atoms with E-state index in [4.69, 9.17) is 11.0 Å². The number of rotatable bonds is 2. The van der Waals surface area contributed by atoms with Gasteiger partial charge in [-0.2, -0.15) is 5.26 Å². The van der Waals surface area contributed by atoms with Crippen LogP contribution in [0, 0.1) is 17.1 Å². The number of nitrogens with two attached hydrogens (primary N) is 1. The summed E-state index contributed by atoms with van der Waals surface area (Å²) in [6.07, 6.45) is 0. The molecule has 62 valence electrons. The van der Waals surface area contributed by atoms with Gasteiger partial charge in [0.15, 0.2) is 0 Å². The lowest BCUT2D eigenvalue weighted by molar-refractivity contribution is 0.629. The van der Waals surface area contributed by atoms with Crippen molar-refractivity contribution in [2.24, 2.45) is 0 Å². The van der Waals surface area contributed by atoms with Crippen molar-refractivity contribution in [3.8, 4) is 6.07 Å². The van der Waals surface area contributed by atoms with Crippen LogP contribution >= 0.6 is 11.8 Å². The fourth-order valence-electron chi connectivity index (χ4n) is 0.713. The highest BCUT2D eigenvalue weighted by Crippen LogP contribution is 2.21. The predicted molar refractivity (Wildman–Crippen MR) is 47.1 cm³/mol. The van der Waals surface area contributed by atoms with Gasteiger partial charge in [0.25, 0.3) is 0 Å². The number of halogens is 1. The summed E-state index contributed by atoms with van der Waals surface area (Å²) in [7, 11) is 0. The predicted octanol–water partition coefficient (Wildman–Crippen LogP) is 2.02. The van der Waals surface area contributed by atoms with Crippen molar-refractivity contribution >= 4 is 17.4 Å². The van der Waals surface area contributed by atoms with E-state index in [1.807, 2.05) is 6.07 Å². The van der Waals surface area contributed by atoms with Crippen LogP contribution in [0.2, 0.25) is 0 Å². The molecule has 0 spiro atoms. The monoisotopic (exact) mass is 182 g/mol. The lowest BCUT2D eigenvalue weighted by Crippen LogP contribution is -1.89. The van der Waals surface area contributed by atoms with E-state index < -0.39 is 5.82 Å². The number of anilines is 1. The van der Waals surface area contributed by atoms with Gasteiger partial charge in [-0.3, -0.25) is 0 Å². The minimum absolute atomic E-state index is 0.135. The largest absolute Gasteiger partial charge is 0.396 e. The second kappa shape index (κ2) is 3.98. The maximum absolute atomic E-state index is 12.8. The third kappa shape index (κ3) is 2.14. The van der Waals surface area contributed by atoms with Crippen LogP contribution in [-0.2, 0) is 0 Å². The Morgan fingerprint density at radius 2 is 2.33 bits per heavy atom. The van der Waals surface area contributed by atoms with Crippen molar-refractivity contribution in [1.82, 2.24) is 0 Å². The van der Waals surface area contributed by atoms with Gasteiger partial charge < -0.3 is 5.73 Å². The van der Waals surface area contributed by atoms with Crippen molar-refractivity contribution in [2.45, 2.75) is 4.90 Å². The van der Waals surface area contributed by atoms with Crippen molar-refractivity contribution in [1.29, 1.82) is 5.26 Å². The molecule has 12 heavy (non-hydrogen) atoms. The Balaban J connectivity index is 2.77. The Morgan fingerprint density at radius 3 is 2.92 bits per heavy atom. The zero-order chi connectivity index (χ0) is 8.97. The molecular weight excluding hydrogens is 175 g/mol. The van der Waals surface area contributed by atoms with Gasteiger partial charge in [-0.25, -0.2) is 4.39 Å². The van der Waals surface area contributed by atoms with Crippen molar-refractivity contribution in [3.63, 3.8) is 0 Å². The van der Waals surface area contributed by atoms with E-state index in [0.29, 0.717) is 5.75 Å². The Bertz CT molecular complexity index is 319. The summed E-state index contributed by atoms with van der Waals surface area (Å²) in [5.74, 6) is -0.110. The molecule has 0 saturated carbocycles. The van der Waals surface area contributed by atoms with E-state index >= 15 is 0 Å². The quantitative estimate of drug-likeness (QED) is 0.562. The van der Waals surface area contributed by atoms with E-state index in [1.165, 1.54) is 23.9 Å². The maximum atomic E-state index is 12.8. The summed E-state index contributed by atoms with van der Waals surface area (Å²) in [6, 6.07) is 6.48. The maximum Gasteiger partial charge on any atom is 0.147 e. The Kier molecular flexibility index (Phi) is 2.94. The first kappa shape index (κ1) is 8.88. The van der Waals surface area contributed by atoms with Gasteiger partial charge in [0.2, 0.25) is 0 Å². The molecule has 0 aliphatic heterocycles. The van der Waals surface area contributed by atoms with Crippen LogP contribution in [-0.4, -0.2) is 5.75 Å². The van der Waals surface area contributed by atoms with Gasteiger partial charge in [0.1, 0.15) is 5.82 Å². The second-order valence-electron chi connectivity index (χ2n) is 2.13. The van der Waals surface area contributed by atoms with Gasteiger partial charge >= 0.3 is 0 Å². The minimum Gasteiger partial charge on any atom is -0.396 e. The highest BCUT2D eigenvalue weighted by atomic mass is 32.2. The standard InChI is InChI=1S/C8H7FN2S/c9-7-5-6(12-4-3-10)1-2-8(7)11/h1-2,5H,4,11H2. The zero-order valence-corrected chi connectivity index (χ0v) is 7.07. The van der Waals surface area contributed by atoms with Crippen LogP contribution in [0.1, 0.15) is 0 Å². The Hall–Kier alpha value is -1.21. The van der Waals surface area contributed by atoms with E-state index in [1.54, 1.807) is 6.07 Å². The lowest BCUT2D eigenvalue weighted by Gasteiger charge is -1.99. The lowest BCUT2D eigenvalue weighted by atomic mass is 10.3. The first-order valence-electron chi connectivity index (χ1n) is 3.29. The summed E-state index contributed by atoms with van der Waals surface area (Å²) in [4.78, 5) is 0.725. The van der Waals surface area contributed by atoms with Gasteiger partial charge in [-0.15, -0.1) is 11.8 Å². The number of thioether (sulfide) groups is 1. The summed E-state index contributed by atoms with van der Waals surface area (Å²) in [5, 5.41) is 8.26. The summed E-state index contributed by atoms with van der Waals surface area (Å²) < 4.78 is 12.8. The van der Waals surface area contributed by atoms with Crippen LogP contribution in [0.25, 0.3) is 0 Å². The van der Waals surface area contributed by atoms with Crippen molar-refractivity contribution in [2.75, 3.05) is 11.5 Å². The number of hydrogen-bond donors (Lipinski definition) is 1. The molecule has 1 aromatic rings. The Labute approximate surface area is 74.2 Å².